The van der Waals surface area contributed by atoms with E-state index < -0.39 is 0 Å². The number of rotatable bonds is 6. The number of carbonyl (C=O) groups excluding carboxylic acids is 1. The highest BCUT2D eigenvalue weighted by molar-refractivity contribution is 9.10. The zero-order chi connectivity index (χ0) is 20.9. The van der Waals surface area contributed by atoms with Crippen LogP contribution in [0.3, 0.4) is 0 Å². The van der Waals surface area contributed by atoms with Crippen LogP contribution in [0.1, 0.15) is 15.9 Å². The predicted octanol–water partition coefficient (Wildman–Crippen LogP) is 6.21. The molecule has 4 nitrogen and oxygen atoms in total. The molecule has 0 aliphatic heterocycles. The van der Waals surface area contributed by atoms with Gasteiger partial charge in [0, 0.05) is 27.4 Å². The number of methoxy groups -OCH3 is 1. The molecule has 0 radical (unpaired) electrons. The summed E-state index contributed by atoms with van der Waals surface area (Å²) in [5.74, 6) is 0.641. The zero-order valence-electron chi connectivity index (χ0n) is 16.3. The van der Waals surface area contributed by atoms with Crippen LogP contribution in [0.2, 0.25) is 0 Å². The Bertz CT molecular complexity index is 1200. The lowest BCUT2D eigenvalue weighted by molar-refractivity contribution is 0.104. The molecule has 3 aromatic carbocycles. The zero-order valence-corrected chi connectivity index (χ0v) is 17.9. The highest BCUT2D eigenvalue weighted by Gasteiger charge is 2.12. The second kappa shape index (κ2) is 8.93. The van der Waals surface area contributed by atoms with Crippen LogP contribution < -0.4 is 4.74 Å². The van der Waals surface area contributed by atoms with E-state index in [1.165, 1.54) is 0 Å². The Balaban J connectivity index is 1.71. The average molecular weight is 459 g/mol. The van der Waals surface area contributed by atoms with Crippen molar-refractivity contribution in [3.05, 3.63) is 107 Å². The fraction of sp³-hybridized carbons (Fsp3) is 0.0400. The van der Waals surface area contributed by atoms with Crippen molar-refractivity contribution < 1.29 is 9.53 Å². The topological polar surface area (TPSA) is 44.1 Å². The lowest BCUT2D eigenvalue weighted by atomic mass is 10.1. The molecular weight excluding hydrogens is 440 g/mol. The summed E-state index contributed by atoms with van der Waals surface area (Å²) in [6.45, 7) is 0. The minimum absolute atomic E-state index is 0.0784. The van der Waals surface area contributed by atoms with E-state index in [9.17, 15) is 4.79 Å². The lowest BCUT2D eigenvalue weighted by Gasteiger charge is -2.01. The Kier molecular flexibility index (Phi) is 5.91. The Labute approximate surface area is 183 Å². The molecule has 0 amide bonds. The maximum Gasteiger partial charge on any atom is 0.185 e. The van der Waals surface area contributed by atoms with E-state index >= 15 is 0 Å². The van der Waals surface area contributed by atoms with E-state index in [-0.39, 0.29) is 5.78 Å². The number of allylic oxidation sites excluding steroid dienone is 1. The Morgan fingerprint density at radius 2 is 1.77 bits per heavy atom. The molecule has 0 aliphatic carbocycles. The minimum Gasteiger partial charge on any atom is -0.497 e. The van der Waals surface area contributed by atoms with Gasteiger partial charge in [-0.2, -0.15) is 5.10 Å². The van der Waals surface area contributed by atoms with Crippen molar-refractivity contribution in [1.82, 2.24) is 9.78 Å². The highest BCUT2D eigenvalue weighted by atomic mass is 79.9. The molecule has 4 aromatic rings. The van der Waals surface area contributed by atoms with E-state index in [0.29, 0.717) is 5.56 Å². The molecule has 148 valence electrons. The van der Waals surface area contributed by atoms with Crippen LogP contribution >= 0.6 is 15.9 Å². The van der Waals surface area contributed by atoms with Crippen molar-refractivity contribution in [3.63, 3.8) is 0 Å². The third-order valence-corrected chi connectivity index (χ3v) is 5.14. The highest BCUT2D eigenvalue weighted by Crippen LogP contribution is 2.27. The number of ether oxygens (including phenoxy) is 1. The van der Waals surface area contributed by atoms with Gasteiger partial charge in [-0.15, -0.1) is 0 Å². The maximum absolute atomic E-state index is 12.6. The van der Waals surface area contributed by atoms with Gasteiger partial charge in [0.2, 0.25) is 0 Å². The molecular formula is C25H19BrN2O2. The second-order valence-electron chi connectivity index (χ2n) is 6.65. The van der Waals surface area contributed by atoms with Crippen LogP contribution in [0.5, 0.6) is 5.75 Å². The van der Waals surface area contributed by atoms with Crippen LogP contribution in [0, 0.1) is 0 Å². The number of benzene rings is 3. The van der Waals surface area contributed by atoms with Gasteiger partial charge in [0.1, 0.15) is 5.75 Å². The predicted molar refractivity (Wildman–Crippen MR) is 123 cm³/mol. The Morgan fingerprint density at radius 1 is 1.00 bits per heavy atom. The first-order chi connectivity index (χ1) is 14.6. The Morgan fingerprint density at radius 3 is 2.47 bits per heavy atom. The second-order valence-corrected chi connectivity index (χ2v) is 7.57. The van der Waals surface area contributed by atoms with E-state index in [2.05, 4.69) is 15.9 Å². The van der Waals surface area contributed by atoms with Crippen molar-refractivity contribution in [2.45, 2.75) is 0 Å². The first-order valence-corrected chi connectivity index (χ1v) is 10.2. The third-order valence-electron chi connectivity index (χ3n) is 4.65. The number of halogens is 1. The van der Waals surface area contributed by atoms with Crippen molar-refractivity contribution >= 4 is 27.8 Å². The fourth-order valence-electron chi connectivity index (χ4n) is 3.10. The van der Waals surface area contributed by atoms with Gasteiger partial charge in [-0.3, -0.25) is 4.79 Å². The fourth-order valence-corrected chi connectivity index (χ4v) is 3.50. The van der Waals surface area contributed by atoms with Gasteiger partial charge in [0.05, 0.1) is 18.5 Å². The van der Waals surface area contributed by atoms with Gasteiger partial charge >= 0.3 is 0 Å². The molecule has 0 aliphatic rings. The number of hydrogen-bond acceptors (Lipinski definition) is 3. The number of ketones is 1. The molecule has 5 heteroatoms. The molecule has 0 spiro atoms. The monoisotopic (exact) mass is 458 g/mol. The summed E-state index contributed by atoms with van der Waals surface area (Å²) in [5.41, 5.74) is 4.19. The van der Waals surface area contributed by atoms with Crippen LogP contribution in [0.25, 0.3) is 23.0 Å². The Hall–Kier alpha value is -3.44. The molecule has 0 unspecified atom stereocenters. The van der Waals surface area contributed by atoms with Gasteiger partial charge < -0.3 is 4.74 Å². The first-order valence-electron chi connectivity index (χ1n) is 9.41. The summed E-state index contributed by atoms with van der Waals surface area (Å²) in [6, 6.07) is 24.9. The molecule has 30 heavy (non-hydrogen) atoms. The van der Waals surface area contributed by atoms with Crippen molar-refractivity contribution in [1.29, 1.82) is 0 Å². The first kappa shape index (κ1) is 19.9. The van der Waals surface area contributed by atoms with Gasteiger partial charge in [-0.25, -0.2) is 4.68 Å². The van der Waals surface area contributed by atoms with Crippen LogP contribution in [0.4, 0.5) is 0 Å². The summed E-state index contributed by atoms with van der Waals surface area (Å²) < 4.78 is 7.95. The van der Waals surface area contributed by atoms with E-state index in [0.717, 1.165) is 32.7 Å². The SMILES string of the molecule is COc1ccc(C(=O)/C=C/c2cn(-c3ccccc3)nc2-c2cccc(Br)c2)cc1. The van der Waals surface area contributed by atoms with Gasteiger partial charge in [-0.1, -0.05) is 46.3 Å². The molecule has 1 aromatic heterocycles. The summed E-state index contributed by atoms with van der Waals surface area (Å²) in [6.07, 6.45) is 5.33. The van der Waals surface area contributed by atoms with Gasteiger partial charge in [-0.05, 0) is 60.7 Å². The number of carbonyl (C=O) groups is 1. The molecule has 0 bridgehead atoms. The summed E-state index contributed by atoms with van der Waals surface area (Å²) >= 11 is 3.52. The van der Waals surface area contributed by atoms with E-state index in [1.807, 2.05) is 71.6 Å². The number of hydrogen-bond donors (Lipinski definition) is 0. The molecule has 0 fully saturated rings. The molecule has 0 saturated carbocycles. The van der Waals surface area contributed by atoms with E-state index in [1.54, 1.807) is 37.5 Å². The van der Waals surface area contributed by atoms with Gasteiger partial charge in [0.25, 0.3) is 0 Å². The number of nitrogens with zero attached hydrogens (tertiary/aromatic N) is 2. The van der Waals surface area contributed by atoms with E-state index in [4.69, 9.17) is 9.84 Å². The molecule has 0 N–H and O–H groups in total. The molecule has 0 saturated heterocycles. The van der Waals surface area contributed by atoms with Gasteiger partial charge in [0.15, 0.2) is 5.78 Å². The minimum atomic E-state index is -0.0784. The third kappa shape index (κ3) is 4.42. The standard InChI is InChI=1S/C25H19BrN2O2/c1-30-23-13-10-18(11-14-23)24(29)15-12-20-17-28(22-8-3-2-4-9-22)27-25(20)19-6-5-7-21(26)16-19/h2-17H,1H3/b15-12+. The van der Waals surface area contributed by atoms with Crippen molar-refractivity contribution in [2.75, 3.05) is 7.11 Å². The summed E-state index contributed by atoms with van der Waals surface area (Å²) in [4.78, 5) is 12.6. The largest absolute Gasteiger partial charge is 0.497 e. The number of aromatic nitrogens is 2. The van der Waals surface area contributed by atoms with Crippen molar-refractivity contribution in [2.24, 2.45) is 0 Å². The smallest absolute Gasteiger partial charge is 0.185 e. The van der Waals surface area contributed by atoms with Crippen LogP contribution in [-0.2, 0) is 0 Å². The normalized spacial score (nSPS) is 11.0. The maximum atomic E-state index is 12.6. The van der Waals surface area contributed by atoms with Crippen LogP contribution in [0.15, 0.2) is 95.6 Å². The van der Waals surface area contributed by atoms with Crippen LogP contribution in [-0.4, -0.2) is 22.7 Å². The number of para-hydroxylation sites is 1. The average Bonchev–Trinajstić information content (AvgIpc) is 3.22. The molecule has 0 atom stereocenters. The molecule has 1 heterocycles. The lowest BCUT2D eigenvalue weighted by Crippen LogP contribution is -1.94. The molecule has 4 rings (SSSR count). The van der Waals surface area contributed by atoms with Crippen molar-refractivity contribution in [3.8, 4) is 22.7 Å². The summed E-state index contributed by atoms with van der Waals surface area (Å²) in [5, 5.41) is 4.78. The quantitative estimate of drug-likeness (QED) is 0.255. The summed E-state index contributed by atoms with van der Waals surface area (Å²) in [7, 11) is 1.60.